The molecule has 1 heterocycles. The van der Waals surface area contributed by atoms with Gasteiger partial charge in [-0.2, -0.15) is 0 Å². The van der Waals surface area contributed by atoms with Crippen LogP contribution in [0.5, 0.6) is 5.75 Å². The Kier molecular flexibility index (Phi) is 6.03. The fourth-order valence-corrected chi connectivity index (χ4v) is 4.06. The van der Waals surface area contributed by atoms with Gasteiger partial charge in [0.1, 0.15) is 5.75 Å². The minimum atomic E-state index is 0.246. The van der Waals surface area contributed by atoms with Gasteiger partial charge in [-0.15, -0.1) is 11.8 Å². The van der Waals surface area contributed by atoms with Crippen molar-refractivity contribution in [3.63, 3.8) is 0 Å². The van der Waals surface area contributed by atoms with Crippen molar-refractivity contribution in [3.05, 3.63) is 59.7 Å². The standard InChI is InChI=1S/C21H25NO2S/c1-16-5-7-17(8-6-16)14-18-4-3-13-22(18)21(23)15-25-20-11-9-19(24-2)10-12-20/h5-12,18H,3-4,13-15H2,1-2H3. The second-order valence-electron chi connectivity index (χ2n) is 6.54. The maximum absolute atomic E-state index is 12.7. The minimum absolute atomic E-state index is 0.246. The summed E-state index contributed by atoms with van der Waals surface area (Å²) in [5.41, 5.74) is 2.59. The van der Waals surface area contributed by atoms with Crippen LogP contribution in [0.2, 0.25) is 0 Å². The molecule has 0 spiro atoms. The molecule has 1 aliphatic heterocycles. The Bertz CT molecular complexity index is 697. The Labute approximate surface area is 154 Å². The molecule has 0 radical (unpaired) electrons. The molecule has 1 unspecified atom stereocenters. The van der Waals surface area contributed by atoms with Crippen LogP contribution in [0.15, 0.2) is 53.4 Å². The molecule has 3 nitrogen and oxygen atoms in total. The summed E-state index contributed by atoms with van der Waals surface area (Å²) in [6, 6.07) is 16.9. The van der Waals surface area contributed by atoms with Crippen molar-refractivity contribution >= 4 is 17.7 Å². The van der Waals surface area contributed by atoms with Crippen molar-refractivity contribution in [2.45, 2.75) is 37.1 Å². The summed E-state index contributed by atoms with van der Waals surface area (Å²) in [4.78, 5) is 15.9. The third-order valence-electron chi connectivity index (χ3n) is 4.71. The van der Waals surface area contributed by atoms with Crippen LogP contribution < -0.4 is 4.74 Å². The molecule has 0 saturated carbocycles. The fourth-order valence-electron chi connectivity index (χ4n) is 3.27. The molecule has 3 rings (SSSR count). The van der Waals surface area contributed by atoms with E-state index in [1.54, 1.807) is 18.9 Å². The average Bonchev–Trinajstić information content (AvgIpc) is 3.10. The van der Waals surface area contributed by atoms with E-state index in [1.807, 2.05) is 24.3 Å². The van der Waals surface area contributed by atoms with Crippen molar-refractivity contribution in [1.82, 2.24) is 4.90 Å². The van der Waals surface area contributed by atoms with E-state index in [4.69, 9.17) is 4.74 Å². The van der Waals surface area contributed by atoms with E-state index in [1.165, 1.54) is 11.1 Å². The lowest BCUT2D eigenvalue weighted by atomic mass is 10.0. The predicted octanol–water partition coefficient (Wildman–Crippen LogP) is 4.33. The third kappa shape index (κ3) is 4.79. The largest absolute Gasteiger partial charge is 0.497 e. The first-order chi connectivity index (χ1) is 12.2. The first-order valence-electron chi connectivity index (χ1n) is 8.77. The number of aryl methyl sites for hydroxylation is 1. The Balaban J connectivity index is 1.55. The zero-order valence-electron chi connectivity index (χ0n) is 14.9. The van der Waals surface area contributed by atoms with E-state index < -0.39 is 0 Å². The molecule has 2 aromatic rings. The molecule has 1 aliphatic rings. The normalized spacial score (nSPS) is 16.9. The number of hydrogen-bond donors (Lipinski definition) is 0. The number of thioether (sulfide) groups is 1. The first-order valence-corrected chi connectivity index (χ1v) is 9.76. The second-order valence-corrected chi connectivity index (χ2v) is 7.59. The smallest absolute Gasteiger partial charge is 0.233 e. The van der Waals surface area contributed by atoms with Gasteiger partial charge in [-0.05, 0) is 56.0 Å². The number of carbonyl (C=O) groups excluding carboxylic acids is 1. The number of methoxy groups -OCH3 is 1. The summed E-state index contributed by atoms with van der Waals surface area (Å²) in [5, 5.41) is 0. The molecule has 0 bridgehead atoms. The van der Waals surface area contributed by atoms with Gasteiger partial charge in [0.25, 0.3) is 0 Å². The second kappa shape index (κ2) is 8.43. The van der Waals surface area contributed by atoms with E-state index >= 15 is 0 Å². The molecular formula is C21H25NO2S. The summed E-state index contributed by atoms with van der Waals surface area (Å²) >= 11 is 1.60. The van der Waals surface area contributed by atoms with Crippen LogP contribution in [-0.4, -0.2) is 36.3 Å². The van der Waals surface area contributed by atoms with Gasteiger partial charge in [-0.25, -0.2) is 0 Å². The summed E-state index contributed by atoms with van der Waals surface area (Å²) in [5.74, 6) is 1.58. The maximum Gasteiger partial charge on any atom is 0.233 e. The lowest BCUT2D eigenvalue weighted by molar-refractivity contribution is -0.129. The Morgan fingerprint density at radius 2 is 1.88 bits per heavy atom. The van der Waals surface area contributed by atoms with Gasteiger partial charge >= 0.3 is 0 Å². The number of ether oxygens (including phenoxy) is 1. The number of nitrogens with zero attached hydrogens (tertiary/aromatic N) is 1. The highest BCUT2D eigenvalue weighted by atomic mass is 32.2. The minimum Gasteiger partial charge on any atom is -0.497 e. The van der Waals surface area contributed by atoms with E-state index in [0.29, 0.717) is 11.8 Å². The molecule has 0 N–H and O–H groups in total. The van der Waals surface area contributed by atoms with E-state index in [9.17, 15) is 4.79 Å². The van der Waals surface area contributed by atoms with Gasteiger partial charge in [0.05, 0.1) is 12.9 Å². The van der Waals surface area contributed by atoms with Crippen LogP contribution >= 0.6 is 11.8 Å². The van der Waals surface area contributed by atoms with E-state index in [-0.39, 0.29) is 5.91 Å². The van der Waals surface area contributed by atoms with E-state index in [2.05, 4.69) is 36.1 Å². The summed E-state index contributed by atoms with van der Waals surface area (Å²) in [6.07, 6.45) is 3.17. The van der Waals surface area contributed by atoms with Crippen molar-refractivity contribution in [1.29, 1.82) is 0 Å². The van der Waals surface area contributed by atoms with Crippen molar-refractivity contribution < 1.29 is 9.53 Å². The monoisotopic (exact) mass is 355 g/mol. The maximum atomic E-state index is 12.7. The number of rotatable bonds is 6. The molecule has 132 valence electrons. The van der Waals surface area contributed by atoms with Gasteiger partial charge in [-0.1, -0.05) is 29.8 Å². The lowest BCUT2D eigenvalue weighted by Crippen LogP contribution is -2.37. The summed E-state index contributed by atoms with van der Waals surface area (Å²) in [7, 11) is 1.66. The quantitative estimate of drug-likeness (QED) is 0.723. The Morgan fingerprint density at radius 1 is 1.16 bits per heavy atom. The van der Waals surface area contributed by atoms with Crippen LogP contribution in [0, 0.1) is 6.92 Å². The highest BCUT2D eigenvalue weighted by Gasteiger charge is 2.28. The van der Waals surface area contributed by atoms with Gasteiger partial charge in [0.15, 0.2) is 0 Å². The topological polar surface area (TPSA) is 29.5 Å². The van der Waals surface area contributed by atoms with Crippen molar-refractivity contribution in [2.75, 3.05) is 19.4 Å². The molecule has 1 fully saturated rings. The highest BCUT2D eigenvalue weighted by Crippen LogP contribution is 2.25. The predicted molar refractivity (Wildman–Crippen MR) is 103 cm³/mol. The van der Waals surface area contributed by atoms with Gasteiger partial charge in [-0.3, -0.25) is 4.79 Å². The number of carbonyl (C=O) groups is 1. The van der Waals surface area contributed by atoms with Crippen LogP contribution in [0.1, 0.15) is 24.0 Å². The van der Waals surface area contributed by atoms with Crippen LogP contribution in [-0.2, 0) is 11.2 Å². The fraction of sp³-hybridized carbons (Fsp3) is 0.381. The zero-order chi connectivity index (χ0) is 17.6. The van der Waals surface area contributed by atoms with Crippen LogP contribution in [0.4, 0.5) is 0 Å². The number of likely N-dealkylation sites (tertiary alicyclic amines) is 1. The molecule has 0 aliphatic carbocycles. The van der Waals surface area contributed by atoms with Gasteiger partial charge < -0.3 is 9.64 Å². The molecule has 1 saturated heterocycles. The Morgan fingerprint density at radius 3 is 2.56 bits per heavy atom. The van der Waals surface area contributed by atoms with Crippen LogP contribution in [0.25, 0.3) is 0 Å². The molecule has 4 heteroatoms. The molecule has 1 amide bonds. The van der Waals surface area contributed by atoms with E-state index in [0.717, 1.165) is 36.5 Å². The molecule has 25 heavy (non-hydrogen) atoms. The summed E-state index contributed by atoms with van der Waals surface area (Å²) in [6.45, 7) is 2.99. The molecule has 0 aromatic heterocycles. The highest BCUT2D eigenvalue weighted by molar-refractivity contribution is 8.00. The summed E-state index contributed by atoms with van der Waals surface area (Å²) < 4.78 is 5.17. The van der Waals surface area contributed by atoms with Crippen molar-refractivity contribution in [2.24, 2.45) is 0 Å². The van der Waals surface area contributed by atoms with Gasteiger partial charge in [0, 0.05) is 17.5 Å². The average molecular weight is 356 g/mol. The third-order valence-corrected chi connectivity index (χ3v) is 5.71. The SMILES string of the molecule is COc1ccc(SCC(=O)N2CCCC2Cc2ccc(C)cc2)cc1. The first kappa shape index (κ1) is 17.9. The number of benzene rings is 2. The molecule has 1 atom stereocenters. The van der Waals surface area contributed by atoms with Gasteiger partial charge in [0.2, 0.25) is 5.91 Å². The Hall–Kier alpha value is -1.94. The zero-order valence-corrected chi connectivity index (χ0v) is 15.7. The molecular weight excluding hydrogens is 330 g/mol. The lowest BCUT2D eigenvalue weighted by Gasteiger charge is -2.25. The van der Waals surface area contributed by atoms with Crippen LogP contribution in [0.3, 0.4) is 0 Å². The number of amides is 1. The number of hydrogen-bond acceptors (Lipinski definition) is 3. The molecule has 2 aromatic carbocycles. The van der Waals surface area contributed by atoms with Crippen molar-refractivity contribution in [3.8, 4) is 5.75 Å².